The summed E-state index contributed by atoms with van der Waals surface area (Å²) in [6.45, 7) is 3.74. The van der Waals surface area contributed by atoms with Gasteiger partial charge in [-0.05, 0) is 36.8 Å². The van der Waals surface area contributed by atoms with E-state index in [1.807, 2.05) is 25.1 Å². The first kappa shape index (κ1) is 17.8. The predicted molar refractivity (Wildman–Crippen MR) is 98.6 cm³/mol. The summed E-state index contributed by atoms with van der Waals surface area (Å²) in [5.74, 6) is 1.45. The molecule has 26 heavy (non-hydrogen) atoms. The van der Waals surface area contributed by atoms with Gasteiger partial charge in [0.2, 0.25) is 0 Å². The first-order valence-corrected chi connectivity index (χ1v) is 8.53. The standard InChI is InChI=1S/C19H22FN3O3/c1-2-24-16-6-4-13(10-15(16)20)12-22-19(21)23-14-5-7-17-18(11-14)26-9-3-8-25-17/h4-7,10-11H,2-3,8-9,12H2,1H3,(H3,21,22,23). The van der Waals surface area contributed by atoms with Crippen molar-refractivity contribution < 1.29 is 18.6 Å². The Bertz CT molecular complexity index is 796. The molecule has 0 radical (unpaired) electrons. The number of ether oxygens (including phenoxy) is 3. The Kier molecular flexibility index (Phi) is 5.78. The van der Waals surface area contributed by atoms with E-state index in [4.69, 9.17) is 19.9 Å². The molecule has 0 saturated heterocycles. The van der Waals surface area contributed by atoms with Crippen LogP contribution in [0.5, 0.6) is 17.2 Å². The third kappa shape index (κ3) is 4.56. The third-order valence-electron chi connectivity index (χ3n) is 3.75. The average Bonchev–Trinajstić information content (AvgIpc) is 2.87. The summed E-state index contributed by atoms with van der Waals surface area (Å²) in [5.41, 5.74) is 7.37. The highest BCUT2D eigenvalue weighted by Gasteiger charge is 2.11. The molecular weight excluding hydrogens is 337 g/mol. The summed E-state index contributed by atoms with van der Waals surface area (Å²) in [6, 6.07) is 10.2. The van der Waals surface area contributed by atoms with E-state index >= 15 is 0 Å². The number of nitrogens with zero attached hydrogens (tertiary/aromatic N) is 1. The molecule has 7 heteroatoms. The molecule has 3 rings (SSSR count). The van der Waals surface area contributed by atoms with Crippen LogP contribution in [-0.2, 0) is 6.54 Å². The van der Waals surface area contributed by atoms with Gasteiger partial charge in [-0.3, -0.25) is 0 Å². The zero-order chi connectivity index (χ0) is 18.4. The predicted octanol–water partition coefficient (Wildman–Crippen LogP) is 3.31. The lowest BCUT2D eigenvalue weighted by Gasteiger charge is -2.11. The Labute approximate surface area is 151 Å². The number of fused-ring (bicyclic) bond motifs is 1. The molecule has 2 aromatic rings. The molecule has 0 atom stereocenters. The van der Waals surface area contributed by atoms with E-state index in [0.717, 1.165) is 12.1 Å². The molecule has 3 N–H and O–H groups in total. The van der Waals surface area contributed by atoms with E-state index in [9.17, 15) is 4.39 Å². The maximum atomic E-state index is 13.9. The van der Waals surface area contributed by atoms with E-state index in [2.05, 4.69) is 10.3 Å². The second kappa shape index (κ2) is 8.42. The summed E-state index contributed by atoms with van der Waals surface area (Å²) >= 11 is 0. The molecule has 0 amide bonds. The van der Waals surface area contributed by atoms with Crippen molar-refractivity contribution in [3.63, 3.8) is 0 Å². The average molecular weight is 359 g/mol. The summed E-state index contributed by atoms with van der Waals surface area (Å²) in [4.78, 5) is 4.24. The maximum Gasteiger partial charge on any atom is 0.193 e. The Balaban J connectivity index is 1.63. The van der Waals surface area contributed by atoms with Crippen molar-refractivity contribution in [2.75, 3.05) is 25.1 Å². The summed E-state index contributed by atoms with van der Waals surface area (Å²) in [5, 5.41) is 3.00. The first-order chi connectivity index (χ1) is 12.7. The molecule has 2 aromatic carbocycles. The van der Waals surface area contributed by atoms with Crippen LogP contribution in [0, 0.1) is 5.82 Å². The van der Waals surface area contributed by atoms with Gasteiger partial charge < -0.3 is 25.3 Å². The normalized spacial score (nSPS) is 13.8. The van der Waals surface area contributed by atoms with Crippen LogP contribution in [0.3, 0.4) is 0 Å². The van der Waals surface area contributed by atoms with Gasteiger partial charge in [0.15, 0.2) is 29.0 Å². The molecule has 0 aromatic heterocycles. The highest BCUT2D eigenvalue weighted by atomic mass is 19.1. The summed E-state index contributed by atoms with van der Waals surface area (Å²) in [7, 11) is 0. The number of benzene rings is 2. The molecule has 0 fully saturated rings. The Hall–Kier alpha value is -2.96. The van der Waals surface area contributed by atoms with Crippen molar-refractivity contribution in [2.24, 2.45) is 10.7 Å². The van der Waals surface area contributed by atoms with E-state index < -0.39 is 5.82 Å². The van der Waals surface area contributed by atoms with Crippen LogP contribution in [0.15, 0.2) is 41.4 Å². The number of aliphatic imine (C=N–C) groups is 1. The van der Waals surface area contributed by atoms with Crippen LogP contribution in [0.4, 0.5) is 10.1 Å². The van der Waals surface area contributed by atoms with Gasteiger partial charge in [-0.15, -0.1) is 0 Å². The molecule has 138 valence electrons. The van der Waals surface area contributed by atoms with E-state index in [1.54, 1.807) is 12.1 Å². The smallest absolute Gasteiger partial charge is 0.193 e. The fraction of sp³-hybridized carbons (Fsp3) is 0.316. The van der Waals surface area contributed by atoms with Crippen molar-refractivity contribution in [2.45, 2.75) is 19.9 Å². The van der Waals surface area contributed by atoms with E-state index in [-0.39, 0.29) is 18.3 Å². The molecular formula is C19H22FN3O3. The lowest BCUT2D eigenvalue weighted by Crippen LogP contribution is -2.22. The minimum atomic E-state index is -0.408. The van der Waals surface area contributed by atoms with E-state index in [1.165, 1.54) is 6.07 Å². The lowest BCUT2D eigenvalue weighted by atomic mass is 10.2. The number of rotatable bonds is 5. The van der Waals surface area contributed by atoms with Gasteiger partial charge in [-0.2, -0.15) is 0 Å². The first-order valence-electron chi connectivity index (χ1n) is 8.53. The number of nitrogens with one attached hydrogen (secondary N) is 1. The Morgan fingerprint density at radius 1 is 1.19 bits per heavy atom. The van der Waals surface area contributed by atoms with Crippen molar-refractivity contribution >= 4 is 11.6 Å². The molecule has 6 nitrogen and oxygen atoms in total. The Morgan fingerprint density at radius 2 is 2.00 bits per heavy atom. The van der Waals surface area contributed by atoms with Gasteiger partial charge >= 0.3 is 0 Å². The summed E-state index contributed by atoms with van der Waals surface area (Å²) in [6.07, 6.45) is 0.847. The number of hydrogen-bond acceptors (Lipinski definition) is 4. The minimum Gasteiger partial charge on any atom is -0.491 e. The zero-order valence-corrected chi connectivity index (χ0v) is 14.6. The van der Waals surface area contributed by atoms with Gasteiger partial charge in [0, 0.05) is 18.2 Å². The molecule has 0 saturated carbocycles. The fourth-order valence-corrected chi connectivity index (χ4v) is 2.52. The number of nitrogens with two attached hydrogens (primary N) is 1. The van der Waals surface area contributed by atoms with Crippen molar-refractivity contribution in [3.05, 3.63) is 47.8 Å². The molecule has 0 unspecified atom stereocenters. The van der Waals surface area contributed by atoms with Gasteiger partial charge in [0.25, 0.3) is 0 Å². The molecule has 1 aliphatic rings. The largest absolute Gasteiger partial charge is 0.491 e. The van der Waals surface area contributed by atoms with Crippen molar-refractivity contribution in [1.29, 1.82) is 0 Å². The SMILES string of the molecule is CCOc1ccc(CN=C(N)Nc2ccc3c(c2)OCCCO3)cc1F. The maximum absolute atomic E-state index is 13.9. The van der Waals surface area contributed by atoms with Gasteiger partial charge in [0.05, 0.1) is 26.4 Å². The Morgan fingerprint density at radius 3 is 2.77 bits per heavy atom. The van der Waals surface area contributed by atoms with Crippen LogP contribution in [0.2, 0.25) is 0 Å². The second-order valence-corrected chi connectivity index (χ2v) is 5.74. The quantitative estimate of drug-likeness (QED) is 0.633. The van der Waals surface area contributed by atoms with Gasteiger partial charge in [-0.1, -0.05) is 6.07 Å². The van der Waals surface area contributed by atoms with Crippen LogP contribution in [0.1, 0.15) is 18.9 Å². The third-order valence-corrected chi connectivity index (χ3v) is 3.75. The van der Waals surface area contributed by atoms with Crippen LogP contribution in [0.25, 0.3) is 0 Å². The fourth-order valence-electron chi connectivity index (χ4n) is 2.52. The van der Waals surface area contributed by atoms with Crippen molar-refractivity contribution in [1.82, 2.24) is 0 Å². The lowest BCUT2D eigenvalue weighted by molar-refractivity contribution is 0.297. The van der Waals surface area contributed by atoms with Crippen LogP contribution < -0.4 is 25.3 Å². The monoisotopic (exact) mass is 359 g/mol. The molecule has 1 aliphatic heterocycles. The highest BCUT2D eigenvalue weighted by Crippen LogP contribution is 2.32. The molecule has 0 aliphatic carbocycles. The van der Waals surface area contributed by atoms with Crippen LogP contribution in [-0.4, -0.2) is 25.8 Å². The van der Waals surface area contributed by atoms with Gasteiger partial charge in [0.1, 0.15) is 0 Å². The van der Waals surface area contributed by atoms with Crippen LogP contribution >= 0.6 is 0 Å². The van der Waals surface area contributed by atoms with Gasteiger partial charge in [-0.25, -0.2) is 9.38 Å². The number of anilines is 1. The molecule has 0 bridgehead atoms. The molecule has 1 heterocycles. The van der Waals surface area contributed by atoms with E-state index in [0.29, 0.717) is 36.9 Å². The minimum absolute atomic E-state index is 0.230. The number of hydrogen-bond donors (Lipinski definition) is 2. The number of halogens is 1. The highest BCUT2D eigenvalue weighted by molar-refractivity contribution is 5.92. The zero-order valence-electron chi connectivity index (χ0n) is 14.6. The topological polar surface area (TPSA) is 78.1 Å². The number of guanidine groups is 1. The second-order valence-electron chi connectivity index (χ2n) is 5.74. The summed E-state index contributed by atoms with van der Waals surface area (Å²) < 4.78 is 30.3. The van der Waals surface area contributed by atoms with Crippen molar-refractivity contribution in [3.8, 4) is 17.2 Å². The molecule has 0 spiro atoms.